The average molecular weight is 227 g/mol. The van der Waals surface area contributed by atoms with E-state index in [1.807, 2.05) is 0 Å². The Balaban J connectivity index is 2.38. The van der Waals surface area contributed by atoms with Gasteiger partial charge in [0.05, 0.1) is 12.0 Å². The molecule has 90 valence electrons. The normalized spacial score (nSPS) is 24.2. The molecule has 0 saturated heterocycles. The van der Waals surface area contributed by atoms with E-state index in [9.17, 15) is 9.59 Å². The monoisotopic (exact) mass is 227 g/mol. The molecule has 0 bridgehead atoms. The molecule has 16 heavy (non-hydrogen) atoms. The second kappa shape index (κ2) is 4.55. The van der Waals surface area contributed by atoms with E-state index in [-0.39, 0.29) is 6.04 Å². The van der Waals surface area contributed by atoms with Crippen LogP contribution in [0.3, 0.4) is 0 Å². The molecule has 0 radical (unpaired) electrons. The highest BCUT2D eigenvalue weighted by Crippen LogP contribution is 2.18. The molecule has 1 amide bonds. The summed E-state index contributed by atoms with van der Waals surface area (Å²) in [5.41, 5.74) is -0.543. The van der Waals surface area contributed by atoms with Crippen LogP contribution in [0, 0.1) is 5.92 Å². The lowest BCUT2D eigenvalue weighted by molar-refractivity contribution is -0.140. The first kappa shape index (κ1) is 12.5. The van der Waals surface area contributed by atoms with Crippen LogP contribution < -0.4 is 5.32 Å². The van der Waals surface area contributed by atoms with Gasteiger partial charge in [-0.15, -0.1) is 0 Å². The molecule has 1 rings (SSSR count). The third-order valence-corrected chi connectivity index (χ3v) is 2.10. The number of aliphatic carboxylic acids is 1. The minimum Gasteiger partial charge on any atom is -0.481 e. The van der Waals surface area contributed by atoms with Gasteiger partial charge in [-0.2, -0.15) is 0 Å². The van der Waals surface area contributed by atoms with E-state index < -0.39 is 23.6 Å². The van der Waals surface area contributed by atoms with Crippen molar-refractivity contribution in [3.05, 3.63) is 12.2 Å². The Labute approximate surface area is 94.5 Å². The highest BCUT2D eigenvalue weighted by atomic mass is 16.6. The van der Waals surface area contributed by atoms with Gasteiger partial charge in [-0.3, -0.25) is 4.79 Å². The number of ether oxygens (including phenoxy) is 1. The zero-order valence-corrected chi connectivity index (χ0v) is 9.69. The summed E-state index contributed by atoms with van der Waals surface area (Å²) < 4.78 is 5.06. The van der Waals surface area contributed by atoms with E-state index >= 15 is 0 Å². The fourth-order valence-corrected chi connectivity index (χ4v) is 1.45. The molecule has 5 nitrogen and oxygen atoms in total. The van der Waals surface area contributed by atoms with Crippen molar-refractivity contribution in [1.82, 2.24) is 5.32 Å². The predicted octanol–water partition coefficient (Wildman–Crippen LogP) is 1.54. The number of carboxylic acids is 1. The third-order valence-electron chi connectivity index (χ3n) is 2.10. The quantitative estimate of drug-likeness (QED) is 0.701. The van der Waals surface area contributed by atoms with Gasteiger partial charge in [0.25, 0.3) is 0 Å². The number of carbonyl (C=O) groups excluding carboxylic acids is 1. The number of carbonyl (C=O) groups is 2. The van der Waals surface area contributed by atoms with E-state index in [0.717, 1.165) is 0 Å². The van der Waals surface area contributed by atoms with E-state index in [2.05, 4.69) is 5.32 Å². The Kier molecular flexibility index (Phi) is 3.57. The van der Waals surface area contributed by atoms with Crippen molar-refractivity contribution in [2.75, 3.05) is 0 Å². The Morgan fingerprint density at radius 1 is 1.38 bits per heavy atom. The minimum atomic E-state index is -0.871. The lowest BCUT2D eigenvalue weighted by atomic mass is 10.1. The van der Waals surface area contributed by atoms with Crippen LogP contribution in [-0.4, -0.2) is 28.8 Å². The van der Waals surface area contributed by atoms with Gasteiger partial charge in [-0.1, -0.05) is 12.2 Å². The van der Waals surface area contributed by atoms with Crippen molar-refractivity contribution in [2.45, 2.75) is 38.8 Å². The van der Waals surface area contributed by atoms with Gasteiger partial charge in [0.15, 0.2) is 0 Å². The van der Waals surface area contributed by atoms with Crippen LogP contribution in [-0.2, 0) is 9.53 Å². The first-order chi connectivity index (χ1) is 7.28. The molecular formula is C11H17NO4. The summed E-state index contributed by atoms with van der Waals surface area (Å²) in [6.45, 7) is 5.32. The zero-order chi connectivity index (χ0) is 12.3. The molecule has 1 aliphatic rings. The lowest BCUT2D eigenvalue weighted by Gasteiger charge is -2.21. The Hall–Kier alpha value is -1.52. The number of alkyl carbamates (subject to hydrolysis) is 1. The summed E-state index contributed by atoms with van der Waals surface area (Å²) in [4.78, 5) is 22.0. The van der Waals surface area contributed by atoms with Crippen molar-refractivity contribution in [1.29, 1.82) is 0 Å². The van der Waals surface area contributed by atoms with Crippen LogP contribution in [0.2, 0.25) is 0 Å². The molecule has 0 saturated carbocycles. The van der Waals surface area contributed by atoms with Gasteiger partial charge >= 0.3 is 12.1 Å². The maximum absolute atomic E-state index is 11.4. The molecule has 2 atom stereocenters. The molecule has 0 unspecified atom stereocenters. The van der Waals surface area contributed by atoms with Gasteiger partial charge in [-0.05, 0) is 27.2 Å². The average Bonchev–Trinajstić information content (AvgIpc) is 2.48. The van der Waals surface area contributed by atoms with E-state index in [0.29, 0.717) is 6.42 Å². The third kappa shape index (κ3) is 3.92. The fourth-order valence-electron chi connectivity index (χ4n) is 1.45. The number of amides is 1. The minimum absolute atomic E-state index is 0.254. The summed E-state index contributed by atoms with van der Waals surface area (Å²) in [6, 6.07) is -0.254. The Morgan fingerprint density at radius 3 is 2.44 bits per heavy atom. The lowest BCUT2D eigenvalue weighted by Crippen LogP contribution is -2.38. The standard InChI is InChI=1S/C11H17NO4/c1-11(2,3)16-10(15)12-8-5-4-7(6-8)9(13)14/h4-5,7-8H,6H2,1-3H3,(H,12,15)(H,13,14)/t7-,8-/m0/s1. The number of rotatable bonds is 2. The fraction of sp³-hybridized carbons (Fsp3) is 0.636. The molecule has 0 aromatic heterocycles. The SMILES string of the molecule is CC(C)(C)OC(=O)N[C@H]1C=C[C@H](C(=O)O)C1. The molecule has 1 aliphatic carbocycles. The second-order valence-electron chi connectivity index (χ2n) is 4.82. The van der Waals surface area contributed by atoms with Crippen molar-refractivity contribution in [2.24, 2.45) is 5.92 Å². The molecule has 5 heteroatoms. The summed E-state index contributed by atoms with van der Waals surface area (Å²) in [6.07, 6.45) is 3.13. The van der Waals surface area contributed by atoms with E-state index in [4.69, 9.17) is 9.84 Å². The van der Waals surface area contributed by atoms with Gasteiger partial charge in [-0.25, -0.2) is 4.79 Å². The predicted molar refractivity (Wildman–Crippen MR) is 58.0 cm³/mol. The van der Waals surface area contributed by atoms with E-state index in [1.165, 1.54) is 0 Å². The number of hydrogen-bond acceptors (Lipinski definition) is 3. The Morgan fingerprint density at radius 2 is 2.00 bits per heavy atom. The first-order valence-electron chi connectivity index (χ1n) is 5.18. The van der Waals surface area contributed by atoms with Crippen LogP contribution in [0.5, 0.6) is 0 Å². The second-order valence-corrected chi connectivity index (χ2v) is 4.82. The first-order valence-corrected chi connectivity index (χ1v) is 5.18. The molecule has 0 aliphatic heterocycles. The van der Waals surface area contributed by atoms with Crippen LogP contribution in [0.15, 0.2) is 12.2 Å². The number of nitrogens with one attached hydrogen (secondary N) is 1. The topological polar surface area (TPSA) is 75.6 Å². The Bertz CT molecular complexity index is 316. The largest absolute Gasteiger partial charge is 0.481 e. The van der Waals surface area contributed by atoms with Crippen LogP contribution >= 0.6 is 0 Å². The molecule has 0 aromatic carbocycles. The van der Waals surface area contributed by atoms with Crippen molar-refractivity contribution < 1.29 is 19.4 Å². The maximum Gasteiger partial charge on any atom is 0.408 e. The van der Waals surface area contributed by atoms with Crippen LogP contribution in [0.4, 0.5) is 4.79 Å². The molecule has 0 aromatic rings. The summed E-state index contributed by atoms with van der Waals surface area (Å²) in [7, 11) is 0. The van der Waals surface area contributed by atoms with Gasteiger partial charge < -0.3 is 15.2 Å². The molecule has 2 N–H and O–H groups in total. The van der Waals surface area contributed by atoms with Crippen molar-refractivity contribution in [3.8, 4) is 0 Å². The van der Waals surface area contributed by atoms with Gasteiger partial charge in [0.2, 0.25) is 0 Å². The molecule has 0 spiro atoms. The summed E-state index contributed by atoms with van der Waals surface area (Å²) >= 11 is 0. The van der Waals surface area contributed by atoms with Crippen molar-refractivity contribution >= 4 is 12.1 Å². The summed E-state index contributed by atoms with van der Waals surface area (Å²) in [5, 5.41) is 11.4. The van der Waals surface area contributed by atoms with Gasteiger partial charge in [0.1, 0.15) is 5.60 Å². The highest BCUT2D eigenvalue weighted by molar-refractivity contribution is 5.74. The van der Waals surface area contributed by atoms with Crippen LogP contribution in [0.25, 0.3) is 0 Å². The maximum atomic E-state index is 11.4. The molecule has 0 heterocycles. The van der Waals surface area contributed by atoms with E-state index in [1.54, 1.807) is 32.9 Å². The van der Waals surface area contributed by atoms with Crippen molar-refractivity contribution in [3.63, 3.8) is 0 Å². The van der Waals surface area contributed by atoms with Gasteiger partial charge in [0, 0.05) is 0 Å². The molecular weight excluding hydrogens is 210 g/mol. The summed E-state index contributed by atoms with van der Waals surface area (Å²) in [5.74, 6) is -1.38. The smallest absolute Gasteiger partial charge is 0.408 e. The number of hydrogen-bond donors (Lipinski definition) is 2. The van der Waals surface area contributed by atoms with Crippen LogP contribution in [0.1, 0.15) is 27.2 Å². The number of carboxylic acid groups (broad SMARTS) is 1. The zero-order valence-electron chi connectivity index (χ0n) is 9.69. The highest BCUT2D eigenvalue weighted by Gasteiger charge is 2.26. The molecule has 0 fully saturated rings.